The third-order valence-electron chi connectivity index (χ3n) is 5.64. The first-order valence-electron chi connectivity index (χ1n) is 10.1. The van der Waals surface area contributed by atoms with Crippen molar-refractivity contribution < 1.29 is 0 Å². The second-order valence-electron chi connectivity index (χ2n) is 7.51. The zero-order valence-electron chi connectivity index (χ0n) is 16.3. The summed E-state index contributed by atoms with van der Waals surface area (Å²) in [4.78, 5) is 0. The van der Waals surface area contributed by atoms with Crippen molar-refractivity contribution in [3.8, 4) is 11.1 Å². The van der Waals surface area contributed by atoms with Gasteiger partial charge in [-0.1, -0.05) is 78.9 Å². The lowest BCUT2D eigenvalue weighted by Crippen LogP contribution is -1.91. The minimum absolute atomic E-state index is 1.10. The Morgan fingerprint density at radius 2 is 1.30 bits per heavy atom. The Balaban J connectivity index is 1.46. The highest BCUT2D eigenvalue weighted by molar-refractivity contribution is 7.25. The van der Waals surface area contributed by atoms with Crippen molar-refractivity contribution in [2.75, 3.05) is 5.32 Å². The lowest BCUT2D eigenvalue weighted by molar-refractivity contribution is 1.57. The molecule has 0 saturated heterocycles. The molecule has 30 heavy (non-hydrogen) atoms. The molecular formula is C28H19NS. The minimum Gasteiger partial charge on any atom is -0.355 e. The lowest BCUT2D eigenvalue weighted by Gasteiger charge is -2.12. The van der Waals surface area contributed by atoms with Gasteiger partial charge in [0, 0.05) is 31.5 Å². The van der Waals surface area contributed by atoms with Crippen LogP contribution in [0.15, 0.2) is 109 Å². The Morgan fingerprint density at radius 1 is 0.567 bits per heavy atom. The van der Waals surface area contributed by atoms with E-state index in [1.54, 1.807) is 0 Å². The van der Waals surface area contributed by atoms with Crippen LogP contribution in [0.4, 0.5) is 11.4 Å². The molecule has 2 heteroatoms. The molecule has 1 nitrogen and oxygen atoms in total. The molecule has 0 bridgehead atoms. The van der Waals surface area contributed by atoms with Gasteiger partial charge < -0.3 is 5.32 Å². The molecule has 0 spiro atoms. The van der Waals surface area contributed by atoms with Crippen LogP contribution in [0.25, 0.3) is 42.1 Å². The third kappa shape index (κ3) is 2.85. The van der Waals surface area contributed by atoms with Crippen LogP contribution in [-0.2, 0) is 0 Å². The number of fused-ring (bicyclic) bond motifs is 4. The molecule has 0 radical (unpaired) electrons. The maximum absolute atomic E-state index is 3.69. The van der Waals surface area contributed by atoms with E-state index in [0.29, 0.717) is 0 Å². The van der Waals surface area contributed by atoms with E-state index in [4.69, 9.17) is 0 Å². The molecule has 0 aliphatic rings. The van der Waals surface area contributed by atoms with Gasteiger partial charge in [0.05, 0.1) is 0 Å². The van der Waals surface area contributed by atoms with Crippen molar-refractivity contribution in [1.82, 2.24) is 0 Å². The Hall–Kier alpha value is -3.62. The second-order valence-corrected chi connectivity index (χ2v) is 8.59. The molecule has 0 amide bonds. The molecular weight excluding hydrogens is 382 g/mol. The summed E-state index contributed by atoms with van der Waals surface area (Å²) in [6, 6.07) is 38.9. The first-order valence-corrected chi connectivity index (χ1v) is 10.9. The van der Waals surface area contributed by atoms with Gasteiger partial charge >= 0.3 is 0 Å². The first-order chi connectivity index (χ1) is 14.9. The molecule has 142 valence electrons. The number of hydrogen-bond acceptors (Lipinski definition) is 2. The summed E-state index contributed by atoms with van der Waals surface area (Å²) >= 11 is 1.85. The van der Waals surface area contributed by atoms with Crippen LogP contribution in [0.1, 0.15) is 0 Å². The summed E-state index contributed by atoms with van der Waals surface area (Å²) in [5, 5.41) is 8.85. The highest BCUT2D eigenvalue weighted by Crippen LogP contribution is 2.39. The highest BCUT2D eigenvalue weighted by Gasteiger charge is 2.10. The van der Waals surface area contributed by atoms with Gasteiger partial charge in [-0.15, -0.1) is 11.3 Å². The molecule has 0 fully saturated rings. The van der Waals surface area contributed by atoms with Gasteiger partial charge in [-0.2, -0.15) is 0 Å². The van der Waals surface area contributed by atoms with E-state index in [0.717, 1.165) is 11.4 Å². The fraction of sp³-hybridized carbons (Fsp3) is 0. The summed E-state index contributed by atoms with van der Waals surface area (Å²) in [5.74, 6) is 0. The molecule has 1 aromatic heterocycles. The Kier molecular flexibility index (Phi) is 4.03. The van der Waals surface area contributed by atoms with Crippen LogP contribution in [0.5, 0.6) is 0 Å². The quantitative estimate of drug-likeness (QED) is 0.313. The minimum atomic E-state index is 1.10. The van der Waals surface area contributed by atoms with Crippen molar-refractivity contribution in [3.63, 3.8) is 0 Å². The zero-order valence-corrected chi connectivity index (χ0v) is 17.1. The van der Waals surface area contributed by atoms with Crippen LogP contribution in [0, 0.1) is 0 Å². The maximum atomic E-state index is 3.69. The molecule has 1 N–H and O–H groups in total. The van der Waals surface area contributed by atoms with Crippen LogP contribution >= 0.6 is 11.3 Å². The number of benzene rings is 5. The average Bonchev–Trinajstić information content (AvgIpc) is 3.18. The van der Waals surface area contributed by atoms with Crippen LogP contribution in [-0.4, -0.2) is 0 Å². The van der Waals surface area contributed by atoms with Crippen molar-refractivity contribution in [2.24, 2.45) is 0 Å². The molecule has 0 atom stereocenters. The lowest BCUT2D eigenvalue weighted by atomic mass is 9.98. The smallest absolute Gasteiger partial charge is 0.0478 e. The summed E-state index contributed by atoms with van der Waals surface area (Å²) in [5.41, 5.74) is 4.73. The van der Waals surface area contributed by atoms with Gasteiger partial charge in [-0.3, -0.25) is 0 Å². The molecule has 6 rings (SSSR count). The SMILES string of the molecule is c1cc(Nc2cccc3sc4ccccc4c23)cc(-c2cccc3ccccc23)c1. The monoisotopic (exact) mass is 401 g/mol. The maximum Gasteiger partial charge on any atom is 0.0478 e. The molecule has 0 aliphatic heterocycles. The Bertz CT molecular complexity index is 1520. The molecule has 0 saturated carbocycles. The van der Waals surface area contributed by atoms with E-state index in [1.165, 1.54) is 42.1 Å². The van der Waals surface area contributed by atoms with Gasteiger partial charge in [-0.05, 0) is 52.2 Å². The number of rotatable bonds is 3. The summed E-state index contributed by atoms with van der Waals surface area (Å²) in [7, 11) is 0. The van der Waals surface area contributed by atoms with E-state index >= 15 is 0 Å². The summed E-state index contributed by atoms with van der Waals surface area (Å²) in [6.07, 6.45) is 0. The summed E-state index contributed by atoms with van der Waals surface area (Å²) in [6.45, 7) is 0. The van der Waals surface area contributed by atoms with Crippen LogP contribution in [0.2, 0.25) is 0 Å². The van der Waals surface area contributed by atoms with Gasteiger partial charge in [0.2, 0.25) is 0 Å². The van der Waals surface area contributed by atoms with Crippen molar-refractivity contribution in [2.45, 2.75) is 0 Å². The molecule has 0 aliphatic carbocycles. The molecule has 0 unspecified atom stereocenters. The van der Waals surface area contributed by atoms with Crippen molar-refractivity contribution in [3.05, 3.63) is 109 Å². The van der Waals surface area contributed by atoms with E-state index in [9.17, 15) is 0 Å². The fourth-order valence-corrected chi connectivity index (χ4v) is 5.41. The normalized spacial score (nSPS) is 11.3. The zero-order chi connectivity index (χ0) is 19.9. The number of thiophene rings is 1. The number of hydrogen-bond donors (Lipinski definition) is 1. The van der Waals surface area contributed by atoms with Gasteiger partial charge in [0.1, 0.15) is 0 Å². The second kappa shape index (κ2) is 7.01. The topological polar surface area (TPSA) is 12.0 Å². The van der Waals surface area contributed by atoms with E-state index in [-0.39, 0.29) is 0 Å². The Labute approximate surface area is 179 Å². The van der Waals surface area contributed by atoms with E-state index < -0.39 is 0 Å². The summed E-state index contributed by atoms with van der Waals surface area (Å²) < 4.78 is 2.64. The average molecular weight is 402 g/mol. The van der Waals surface area contributed by atoms with Crippen molar-refractivity contribution >= 4 is 53.7 Å². The standard InChI is InChI=1S/C28H19NS/c1-2-12-22-19(8-1)9-6-14-23(22)20-10-5-11-21(18-20)29-25-15-7-17-27-28(25)24-13-3-4-16-26(24)30-27/h1-18,29H. The molecule has 5 aromatic carbocycles. The number of anilines is 2. The highest BCUT2D eigenvalue weighted by atomic mass is 32.1. The molecule has 1 heterocycles. The fourth-order valence-electron chi connectivity index (χ4n) is 4.28. The largest absolute Gasteiger partial charge is 0.355 e. The van der Waals surface area contributed by atoms with E-state index in [1.807, 2.05) is 11.3 Å². The van der Waals surface area contributed by atoms with Gasteiger partial charge in [-0.25, -0.2) is 0 Å². The number of nitrogens with one attached hydrogen (secondary N) is 1. The third-order valence-corrected chi connectivity index (χ3v) is 6.78. The Morgan fingerprint density at radius 3 is 2.27 bits per heavy atom. The first kappa shape index (κ1) is 17.3. The molecule has 6 aromatic rings. The van der Waals surface area contributed by atoms with Crippen molar-refractivity contribution in [1.29, 1.82) is 0 Å². The predicted molar refractivity (Wildman–Crippen MR) is 132 cm³/mol. The van der Waals surface area contributed by atoms with E-state index in [2.05, 4.69) is 115 Å². The van der Waals surface area contributed by atoms with Crippen LogP contribution in [0.3, 0.4) is 0 Å². The van der Waals surface area contributed by atoms with Gasteiger partial charge in [0.15, 0.2) is 0 Å². The van der Waals surface area contributed by atoms with Gasteiger partial charge in [0.25, 0.3) is 0 Å². The van der Waals surface area contributed by atoms with Crippen LogP contribution < -0.4 is 5.32 Å². The predicted octanol–water partition coefficient (Wildman–Crippen LogP) is 8.62.